The van der Waals surface area contributed by atoms with Crippen molar-refractivity contribution in [3.05, 3.63) is 165 Å². The zero-order valence-electron chi connectivity index (χ0n) is 39.6. The molecule has 1 fully saturated rings. The lowest BCUT2D eigenvalue weighted by Gasteiger charge is -2.29. The van der Waals surface area contributed by atoms with Gasteiger partial charge in [-0.1, -0.05) is 103 Å². The molecule has 0 saturated carbocycles. The Kier molecular flexibility index (Phi) is 19.3. The lowest BCUT2D eigenvalue weighted by atomic mass is 9.90. The Morgan fingerprint density at radius 3 is 2.10 bits per heavy atom. The summed E-state index contributed by atoms with van der Waals surface area (Å²) in [6.07, 6.45) is -3.75. The number of carbonyl (C=O) groups excluding carboxylic acids is 5. The molecule has 2 aliphatic heterocycles. The number of benzene rings is 5. The van der Waals surface area contributed by atoms with Gasteiger partial charge in [-0.05, 0) is 65.4 Å². The van der Waals surface area contributed by atoms with Crippen molar-refractivity contribution in [3.8, 4) is 5.75 Å². The molecule has 2 aliphatic rings. The predicted octanol–water partition coefficient (Wildman–Crippen LogP) is 7.68. The van der Waals surface area contributed by atoms with Gasteiger partial charge >= 0.3 is 6.18 Å². The highest BCUT2D eigenvalue weighted by atomic mass is 35.5. The van der Waals surface area contributed by atoms with Gasteiger partial charge < -0.3 is 29.6 Å². The third-order valence-electron chi connectivity index (χ3n) is 12.1. The topological polar surface area (TPSA) is 165 Å². The number of alkyl halides is 3. The molecule has 380 valence electrons. The first-order chi connectivity index (χ1) is 34.9. The molecule has 1 saturated heterocycles. The molecule has 1 unspecified atom stereocenters. The molecule has 18 heteroatoms. The van der Waals surface area contributed by atoms with Crippen LogP contribution in [-0.2, 0) is 47.7 Å². The summed E-state index contributed by atoms with van der Waals surface area (Å²) in [6.45, 7) is 4.06. The first-order valence-electron chi connectivity index (χ1n) is 23.8. The number of fused-ring (bicyclic) bond motifs is 1. The van der Waals surface area contributed by atoms with E-state index < -0.39 is 41.4 Å². The van der Waals surface area contributed by atoms with Crippen LogP contribution in [0.15, 0.2) is 121 Å². The molecule has 1 atom stereocenters. The van der Waals surface area contributed by atoms with Crippen LogP contribution in [0.1, 0.15) is 73.7 Å². The highest BCUT2D eigenvalue weighted by Crippen LogP contribution is 2.37. The summed E-state index contributed by atoms with van der Waals surface area (Å²) in [5.41, 5.74) is 3.28. The molecule has 5 aromatic rings. The quantitative estimate of drug-likeness (QED) is 0.0349. The van der Waals surface area contributed by atoms with Gasteiger partial charge in [0.1, 0.15) is 11.8 Å². The van der Waals surface area contributed by atoms with Crippen molar-refractivity contribution in [2.45, 2.75) is 50.4 Å². The maximum atomic E-state index is 13.8. The average molecular weight is 1010 g/mol. The minimum atomic E-state index is -4.58. The van der Waals surface area contributed by atoms with E-state index in [0.717, 1.165) is 27.7 Å². The number of imide groups is 2. The Morgan fingerprint density at radius 1 is 0.764 bits per heavy atom. The summed E-state index contributed by atoms with van der Waals surface area (Å²) in [5.74, 6) is -1.90. The van der Waals surface area contributed by atoms with Gasteiger partial charge in [-0.2, -0.15) is 13.2 Å². The second kappa shape index (κ2) is 26.2. The summed E-state index contributed by atoms with van der Waals surface area (Å²) in [7, 11) is 0. The summed E-state index contributed by atoms with van der Waals surface area (Å²) in [5, 5.41) is 7.87. The van der Waals surface area contributed by atoms with Gasteiger partial charge in [0, 0.05) is 50.7 Å². The van der Waals surface area contributed by atoms with E-state index in [1.165, 1.54) is 12.1 Å². The Hall–Kier alpha value is -6.63. The van der Waals surface area contributed by atoms with Gasteiger partial charge in [0.05, 0.1) is 74.4 Å². The van der Waals surface area contributed by atoms with Crippen LogP contribution in [0.5, 0.6) is 5.75 Å². The van der Waals surface area contributed by atoms with Gasteiger partial charge in [0.15, 0.2) is 0 Å². The third-order valence-corrected chi connectivity index (χ3v) is 12.6. The Labute approximate surface area is 421 Å². The number of nitrogens with one attached hydrogen (secondary N) is 3. The first kappa shape index (κ1) is 53.2. The minimum absolute atomic E-state index is 0.0416. The number of ether oxygens (including phenoxy) is 4. The maximum Gasteiger partial charge on any atom is 0.417 e. The third kappa shape index (κ3) is 14.7. The standard InChI is InChI=1S/C54H57ClF3N5O9/c55-50-40(16-8-19-44(50)54(56,57)58)35-62(36-43(38-12-3-1-4-13-38)39-14-5-2-6-15-39)25-10-26-72-41-17-7-11-37(33-41)34-48(65)60-24-28-70-30-32-71-31-29-69-27-23-59-45-20-9-18-42-49(45)53(68)63(52(42)67)46-21-22-47(64)61-51(46)66/h1-9,11-20,33,43,46,59H,10,21-32,34-36H2,(H,60,65)(H,61,64,66). The normalized spacial score (nSPS) is 14.8. The largest absolute Gasteiger partial charge is 0.494 e. The zero-order chi connectivity index (χ0) is 50.9. The van der Waals surface area contributed by atoms with Gasteiger partial charge in [-0.15, -0.1) is 0 Å². The van der Waals surface area contributed by atoms with E-state index in [1.54, 1.807) is 18.2 Å². The van der Waals surface area contributed by atoms with Gasteiger partial charge in [-0.3, -0.25) is 39.1 Å². The summed E-state index contributed by atoms with van der Waals surface area (Å²) in [6, 6.07) is 35.2. The number of nitrogens with zero attached hydrogens (tertiary/aromatic N) is 2. The number of piperidine rings is 1. The molecule has 0 aliphatic carbocycles. The summed E-state index contributed by atoms with van der Waals surface area (Å²) < 4.78 is 64.4. The number of carbonyl (C=O) groups is 5. The molecular weight excluding hydrogens is 955 g/mol. The van der Waals surface area contributed by atoms with E-state index in [9.17, 15) is 37.1 Å². The molecule has 5 aromatic carbocycles. The molecule has 0 spiro atoms. The van der Waals surface area contributed by atoms with Crippen molar-refractivity contribution in [1.82, 2.24) is 20.4 Å². The average Bonchev–Trinajstić information content (AvgIpc) is 3.62. The molecule has 7 rings (SSSR count). The fourth-order valence-electron chi connectivity index (χ4n) is 8.62. The van der Waals surface area contributed by atoms with Crippen molar-refractivity contribution in [1.29, 1.82) is 0 Å². The molecule has 0 bridgehead atoms. The maximum absolute atomic E-state index is 13.8. The molecule has 0 radical (unpaired) electrons. The molecule has 14 nitrogen and oxygen atoms in total. The fourth-order valence-corrected chi connectivity index (χ4v) is 8.92. The molecule has 2 heterocycles. The van der Waals surface area contributed by atoms with E-state index in [-0.39, 0.29) is 60.4 Å². The minimum Gasteiger partial charge on any atom is -0.494 e. The predicted molar refractivity (Wildman–Crippen MR) is 264 cm³/mol. The number of rotatable bonds is 27. The van der Waals surface area contributed by atoms with Crippen LogP contribution in [0.3, 0.4) is 0 Å². The van der Waals surface area contributed by atoms with Gasteiger partial charge in [0.2, 0.25) is 17.7 Å². The lowest BCUT2D eigenvalue weighted by molar-refractivity contribution is -0.138. The summed E-state index contributed by atoms with van der Waals surface area (Å²) >= 11 is 6.39. The van der Waals surface area contributed by atoms with Crippen molar-refractivity contribution >= 4 is 46.8 Å². The first-order valence-corrected chi connectivity index (χ1v) is 24.2. The number of amides is 5. The van der Waals surface area contributed by atoms with Crippen LogP contribution in [0.25, 0.3) is 0 Å². The lowest BCUT2D eigenvalue weighted by Crippen LogP contribution is -2.54. The van der Waals surface area contributed by atoms with Crippen LogP contribution in [0.4, 0.5) is 18.9 Å². The van der Waals surface area contributed by atoms with Crippen molar-refractivity contribution < 1.29 is 56.1 Å². The van der Waals surface area contributed by atoms with E-state index in [1.807, 2.05) is 60.7 Å². The van der Waals surface area contributed by atoms with Crippen LogP contribution < -0.4 is 20.7 Å². The van der Waals surface area contributed by atoms with E-state index in [2.05, 4.69) is 45.1 Å². The second-order valence-electron chi connectivity index (χ2n) is 17.2. The highest BCUT2D eigenvalue weighted by molar-refractivity contribution is 6.32. The number of hydrogen-bond acceptors (Lipinski definition) is 11. The van der Waals surface area contributed by atoms with Crippen molar-refractivity contribution in [2.75, 3.05) is 77.7 Å². The molecule has 5 amide bonds. The Morgan fingerprint density at radius 2 is 1.42 bits per heavy atom. The Balaban J connectivity index is 0.769. The van der Waals surface area contributed by atoms with Gasteiger partial charge in [-0.25, -0.2) is 0 Å². The fraction of sp³-hybridized carbons (Fsp3) is 0.352. The smallest absolute Gasteiger partial charge is 0.417 e. The van der Waals surface area contributed by atoms with E-state index in [4.69, 9.17) is 30.5 Å². The highest BCUT2D eigenvalue weighted by Gasteiger charge is 2.45. The summed E-state index contributed by atoms with van der Waals surface area (Å²) in [4.78, 5) is 66.1. The van der Waals surface area contributed by atoms with E-state index in [0.29, 0.717) is 89.2 Å². The monoisotopic (exact) mass is 1010 g/mol. The second-order valence-corrected chi connectivity index (χ2v) is 17.6. The number of anilines is 1. The van der Waals surface area contributed by atoms with Crippen molar-refractivity contribution in [2.24, 2.45) is 0 Å². The van der Waals surface area contributed by atoms with Gasteiger partial charge in [0.25, 0.3) is 11.8 Å². The molecule has 0 aromatic heterocycles. The van der Waals surface area contributed by atoms with Crippen LogP contribution >= 0.6 is 11.6 Å². The number of hydrogen-bond donors (Lipinski definition) is 3. The van der Waals surface area contributed by atoms with E-state index >= 15 is 0 Å². The van der Waals surface area contributed by atoms with Crippen LogP contribution in [0.2, 0.25) is 5.02 Å². The SMILES string of the molecule is O=C(Cc1cccc(OCCCN(Cc2cccc(C(F)(F)F)c2Cl)CC(c2ccccc2)c2ccccc2)c1)NCCOCCOCCOCCNc1cccc2c1C(=O)N(C1CCC(=O)NC1=O)C2=O. The Bertz CT molecular complexity index is 2600. The zero-order valence-corrected chi connectivity index (χ0v) is 40.4. The van der Waals surface area contributed by atoms with Crippen molar-refractivity contribution in [3.63, 3.8) is 0 Å². The number of halogens is 4. The molecule has 3 N–H and O–H groups in total. The molecule has 72 heavy (non-hydrogen) atoms. The van der Waals surface area contributed by atoms with Crippen LogP contribution in [-0.4, -0.2) is 118 Å². The molecular formula is C54H57ClF3N5O9. The van der Waals surface area contributed by atoms with Crippen LogP contribution in [0, 0.1) is 0 Å².